The molecule has 0 heterocycles. The molecule has 9 nitrogen and oxygen atoms in total. The van der Waals surface area contributed by atoms with Crippen molar-refractivity contribution in [2.75, 3.05) is 0 Å². The first-order valence-electron chi connectivity index (χ1n) is 0. The van der Waals surface area contributed by atoms with E-state index in [9.17, 15) is 0 Å². The Bertz CT molecular complexity index is 12.5. The van der Waals surface area contributed by atoms with Crippen molar-refractivity contribution in [3.05, 3.63) is 0 Å². The maximum absolute atomic E-state index is 0. The molecule has 0 rings (SSSR count). The van der Waals surface area contributed by atoms with Gasteiger partial charge >= 0.3 is 103 Å². The van der Waals surface area contributed by atoms with Gasteiger partial charge in [0.15, 0.2) is 0 Å². The summed E-state index contributed by atoms with van der Waals surface area (Å²) >= 11 is 0. The van der Waals surface area contributed by atoms with Crippen LogP contribution in [0.4, 0.5) is 0 Å². The first-order chi connectivity index (χ1) is 0. The maximum atomic E-state index is 0. The molecule has 0 aromatic rings. The van der Waals surface area contributed by atoms with Crippen molar-refractivity contribution in [1.29, 1.82) is 0 Å². The summed E-state index contributed by atoms with van der Waals surface area (Å²) in [5.74, 6) is 0. The van der Waals surface area contributed by atoms with Gasteiger partial charge in [-0.15, -0.1) is 0 Å². The minimum absolute atomic E-state index is 0. The molecule has 0 amide bonds. The van der Waals surface area contributed by atoms with Gasteiger partial charge in [0.25, 0.3) is 0 Å². The number of hydrogen-bond acceptors (Lipinski definition) is 0. The Hall–Kier alpha value is 3.43. The van der Waals surface area contributed by atoms with Gasteiger partial charge in [-0.05, 0) is 0 Å². The van der Waals surface area contributed by atoms with E-state index in [2.05, 4.69) is 0 Å². The Kier molecular flexibility index (Phi) is 5030. The molecule has 0 saturated carbocycles. The van der Waals surface area contributed by atoms with Crippen molar-refractivity contribution in [3.8, 4) is 0 Å². The van der Waals surface area contributed by atoms with Gasteiger partial charge in [0.2, 0.25) is 0 Å². The van der Waals surface area contributed by atoms with Crippen molar-refractivity contribution >= 4 is 17.1 Å². The van der Waals surface area contributed by atoms with E-state index in [1.54, 1.807) is 0 Å². The SMILES string of the molecule is O.O.O.O.O.O.O.O.O.[K+].[K+].[Se-2]. The first-order valence-corrected chi connectivity index (χ1v) is 0. The molecule has 80 valence electrons. The van der Waals surface area contributed by atoms with Gasteiger partial charge in [-0.25, -0.2) is 0 Å². The summed E-state index contributed by atoms with van der Waals surface area (Å²) in [7, 11) is 0. The second kappa shape index (κ2) is 221. The van der Waals surface area contributed by atoms with Gasteiger partial charge in [-0.3, -0.25) is 0 Å². The molecule has 0 saturated heterocycles. The zero-order chi connectivity index (χ0) is 0. The molecule has 0 aliphatic heterocycles. The van der Waals surface area contributed by atoms with Crippen LogP contribution < -0.4 is 103 Å². The summed E-state index contributed by atoms with van der Waals surface area (Å²) in [4.78, 5) is 0. The molecule has 0 unspecified atom stereocenters. The maximum Gasteiger partial charge on any atom is 1.00 e. The standard InChI is InChI=1S/2K.9H2O.Se/h;;9*1H2;/q2*+1;;;;;;;;;;-2. The normalized spacial score (nSPS) is 0. The second-order valence-electron chi connectivity index (χ2n) is 0. The average Bonchev–Trinajstić information content (AvgIpc) is 0. The van der Waals surface area contributed by atoms with Gasteiger partial charge < -0.3 is 66.4 Å². The summed E-state index contributed by atoms with van der Waals surface area (Å²) in [6.07, 6.45) is 0. The van der Waals surface area contributed by atoms with E-state index in [0.29, 0.717) is 0 Å². The molecule has 0 aliphatic carbocycles. The Labute approximate surface area is 165 Å². The molecule has 0 radical (unpaired) electrons. The monoisotopic (exact) mass is 320 g/mol. The summed E-state index contributed by atoms with van der Waals surface area (Å²) in [6.45, 7) is 0. The van der Waals surface area contributed by atoms with Gasteiger partial charge in [-0.2, -0.15) is 0 Å². The van der Waals surface area contributed by atoms with Gasteiger partial charge in [0.05, 0.1) is 0 Å². The quantitative estimate of drug-likeness (QED) is 0.375. The second-order valence-corrected chi connectivity index (χ2v) is 0. The fourth-order valence-corrected chi connectivity index (χ4v) is 0. The molecule has 0 spiro atoms. The van der Waals surface area contributed by atoms with Crippen molar-refractivity contribution < 1.29 is 152 Å². The zero-order valence-corrected chi connectivity index (χ0v) is 14.9. The molecule has 0 atom stereocenters. The van der Waals surface area contributed by atoms with Crippen LogP contribution in [0.1, 0.15) is 0 Å². The van der Waals surface area contributed by atoms with E-state index >= 15 is 0 Å². The van der Waals surface area contributed by atoms with Gasteiger partial charge in [0.1, 0.15) is 0 Å². The van der Waals surface area contributed by atoms with Crippen molar-refractivity contribution in [3.63, 3.8) is 0 Å². The zero-order valence-electron chi connectivity index (χ0n) is 6.91. The Morgan fingerprint density at radius 2 is 0.250 bits per heavy atom. The first kappa shape index (κ1) is 273. The fourth-order valence-electron chi connectivity index (χ4n) is 0. The van der Waals surface area contributed by atoms with Crippen LogP contribution >= 0.6 is 0 Å². The molecule has 12 heavy (non-hydrogen) atoms. The van der Waals surface area contributed by atoms with Gasteiger partial charge in [0, 0.05) is 0 Å². The summed E-state index contributed by atoms with van der Waals surface area (Å²) < 4.78 is 0. The molecule has 0 aliphatic rings. The fraction of sp³-hybridized carbons (Fsp3) is 0. The smallest absolute Gasteiger partial charge is 1.00 e. The molecule has 0 fully saturated rings. The Morgan fingerprint density at radius 3 is 0.250 bits per heavy atom. The molecular weight excluding hydrogens is 301 g/mol. The van der Waals surface area contributed by atoms with Crippen LogP contribution in [0.5, 0.6) is 0 Å². The van der Waals surface area contributed by atoms with Crippen molar-refractivity contribution in [1.82, 2.24) is 0 Å². The van der Waals surface area contributed by atoms with E-state index in [0.717, 1.165) is 0 Å². The van der Waals surface area contributed by atoms with Crippen LogP contribution in [0.25, 0.3) is 0 Å². The Morgan fingerprint density at radius 1 is 0.250 bits per heavy atom. The minimum atomic E-state index is 0. The summed E-state index contributed by atoms with van der Waals surface area (Å²) in [5, 5.41) is 0. The molecule has 18 N–H and O–H groups in total. The third kappa shape index (κ3) is 176. The molecular formula is H18K2O9Se. The predicted molar refractivity (Wildman–Crippen MR) is 38.3 cm³/mol. The van der Waals surface area contributed by atoms with E-state index in [1.165, 1.54) is 0 Å². The van der Waals surface area contributed by atoms with Crippen LogP contribution in [0.3, 0.4) is 0 Å². The van der Waals surface area contributed by atoms with E-state index < -0.39 is 0 Å². The molecule has 0 aromatic heterocycles. The topological polar surface area (TPSA) is 284 Å². The minimum Gasteiger partial charge on any atom is -2.00 e. The van der Waals surface area contributed by atoms with Crippen LogP contribution in [0, 0.1) is 0 Å². The van der Waals surface area contributed by atoms with Crippen LogP contribution in [0.15, 0.2) is 0 Å². The van der Waals surface area contributed by atoms with Crippen LogP contribution in [0.2, 0.25) is 0 Å². The number of rotatable bonds is 0. The summed E-state index contributed by atoms with van der Waals surface area (Å²) in [5.41, 5.74) is 0. The molecule has 0 aromatic carbocycles. The Balaban J connectivity index is 0. The van der Waals surface area contributed by atoms with Crippen LogP contribution in [-0.4, -0.2) is 66.4 Å². The third-order valence-electron chi connectivity index (χ3n) is 0. The van der Waals surface area contributed by atoms with E-state index in [4.69, 9.17) is 0 Å². The van der Waals surface area contributed by atoms with Gasteiger partial charge in [-0.1, -0.05) is 0 Å². The molecule has 0 bridgehead atoms. The predicted octanol–water partition coefficient (Wildman–Crippen LogP) is -13.8. The van der Waals surface area contributed by atoms with Crippen molar-refractivity contribution in [2.45, 2.75) is 0 Å². The van der Waals surface area contributed by atoms with Crippen molar-refractivity contribution in [2.24, 2.45) is 0 Å². The number of hydrogen-bond donors (Lipinski definition) is 0. The van der Waals surface area contributed by atoms with E-state index in [1.807, 2.05) is 0 Å². The third-order valence-corrected chi connectivity index (χ3v) is 0. The largest absolute Gasteiger partial charge is 2.00 e. The summed E-state index contributed by atoms with van der Waals surface area (Å²) in [6, 6.07) is 0. The molecule has 12 heteroatoms. The average molecular weight is 319 g/mol. The van der Waals surface area contributed by atoms with E-state index in [-0.39, 0.29) is 169 Å². The van der Waals surface area contributed by atoms with Crippen LogP contribution in [-0.2, 0) is 0 Å².